The zero-order valence-electron chi connectivity index (χ0n) is 10.8. The molecular weight excluding hydrogens is 274 g/mol. The van der Waals surface area contributed by atoms with Crippen LogP contribution in [-0.4, -0.2) is 103 Å². The van der Waals surface area contributed by atoms with E-state index in [1.165, 1.54) is 4.90 Å². The maximum absolute atomic E-state index is 11.0. The maximum atomic E-state index is 11.0. The normalized spacial score (nSPS) is 29.9. The first-order valence-electron chi connectivity index (χ1n) is 6.27. The fourth-order valence-electron chi connectivity index (χ4n) is 2.28. The Bertz CT molecular complexity index is 328. The van der Waals surface area contributed by atoms with Crippen molar-refractivity contribution in [3.8, 4) is 0 Å². The number of likely N-dealkylation sites (tertiary alicyclic amines) is 1. The van der Waals surface area contributed by atoms with Gasteiger partial charge in [0.15, 0.2) is 0 Å². The van der Waals surface area contributed by atoms with Crippen LogP contribution in [-0.2, 0) is 4.79 Å². The molecule has 0 spiro atoms. The van der Waals surface area contributed by atoms with E-state index in [-0.39, 0.29) is 19.5 Å². The molecule has 0 aliphatic carbocycles. The SMILES string of the molecule is O=C(O)[C@@H]1C(O)CCN1C[C@H](O)[C@@H](O)[C@H](O)[C@H](O)CO. The van der Waals surface area contributed by atoms with Crippen LogP contribution in [0.1, 0.15) is 6.42 Å². The summed E-state index contributed by atoms with van der Waals surface area (Å²) in [7, 11) is 0. The third-order valence-electron chi connectivity index (χ3n) is 3.47. The van der Waals surface area contributed by atoms with E-state index < -0.39 is 49.1 Å². The summed E-state index contributed by atoms with van der Waals surface area (Å²) in [5, 5.41) is 65.2. The van der Waals surface area contributed by atoms with E-state index in [4.69, 9.17) is 10.2 Å². The summed E-state index contributed by atoms with van der Waals surface area (Å²) in [5.41, 5.74) is 0. The van der Waals surface area contributed by atoms with Gasteiger partial charge >= 0.3 is 5.97 Å². The first-order valence-corrected chi connectivity index (χ1v) is 6.27. The zero-order chi connectivity index (χ0) is 15.4. The molecule has 20 heavy (non-hydrogen) atoms. The summed E-state index contributed by atoms with van der Waals surface area (Å²) in [6.45, 7) is -0.851. The van der Waals surface area contributed by atoms with Gasteiger partial charge in [-0.25, -0.2) is 0 Å². The number of carbonyl (C=O) groups is 1. The fraction of sp³-hybridized carbons (Fsp3) is 0.909. The first-order chi connectivity index (χ1) is 9.29. The third kappa shape index (κ3) is 3.85. The molecule has 1 heterocycles. The number of rotatable bonds is 7. The number of aliphatic hydroxyl groups is 6. The second-order valence-electron chi connectivity index (χ2n) is 4.93. The number of aliphatic carboxylic acids is 1. The lowest BCUT2D eigenvalue weighted by Gasteiger charge is -2.30. The van der Waals surface area contributed by atoms with Crippen LogP contribution in [0.3, 0.4) is 0 Å². The van der Waals surface area contributed by atoms with Crippen molar-refractivity contribution < 1.29 is 40.5 Å². The van der Waals surface area contributed by atoms with Crippen LogP contribution in [0.2, 0.25) is 0 Å². The number of hydrogen-bond acceptors (Lipinski definition) is 8. The Balaban J connectivity index is 2.61. The zero-order valence-corrected chi connectivity index (χ0v) is 10.8. The minimum atomic E-state index is -1.76. The van der Waals surface area contributed by atoms with Gasteiger partial charge in [0.05, 0.1) is 18.8 Å². The Morgan fingerprint density at radius 1 is 1.15 bits per heavy atom. The summed E-state index contributed by atoms with van der Waals surface area (Å²) < 4.78 is 0. The number of carboxylic acids is 1. The van der Waals surface area contributed by atoms with Crippen LogP contribution in [0.5, 0.6) is 0 Å². The maximum Gasteiger partial charge on any atom is 0.323 e. The minimum absolute atomic E-state index is 0.223. The topological polar surface area (TPSA) is 162 Å². The molecule has 6 atom stereocenters. The highest BCUT2D eigenvalue weighted by atomic mass is 16.4. The second kappa shape index (κ2) is 7.27. The van der Waals surface area contributed by atoms with Gasteiger partial charge in [0.2, 0.25) is 0 Å². The van der Waals surface area contributed by atoms with Gasteiger partial charge in [-0.15, -0.1) is 0 Å². The summed E-state index contributed by atoms with van der Waals surface area (Å²) in [4.78, 5) is 12.3. The van der Waals surface area contributed by atoms with Crippen molar-refractivity contribution in [1.82, 2.24) is 4.90 Å². The van der Waals surface area contributed by atoms with E-state index in [2.05, 4.69) is 0 Å². The van der Waals surface area contributed by atoms with Crippen LogP contribution in [0, 0.1) is 0 Å². The van der Waals surface area contributed by atoms with E-state index in [9.17, 15) is 30.3 Å². The minimum Gasteiger partial charge on any atom is -0.480 e. The van der Waals surface area contributed by atoms with Crippen LogP contribution in [0.4, 0.5) is 0 Å². The van der Waals surface area contributed by atoms with Gasteiger partial charge in [0.1, 0.15) is 24.4 Å². The van der Waals surface area contributed by atoms with Crippen LogP contribution < -0.4 is 0 Å². The molecule has 0 saturated carbocycles. The quantitative estimate of drug-likeness (QED) is 0.248. The molecule has 1 aliphatic rings. The summed E-state index contributed by atoms with van der Waals surface area (Å²) in [6, 6.07) is -1.18. The van der Waals surface area contributed by atoms with E-state index >= 15 is 0 Å². The summed E-state index contributed by atoms with van der Waals surface area (Å²) in [6.07, 6.45) is -7.49. The third-order valence-corrected chi connectivity index (χ3v) is 3.47. The van der Waals surface area contributed by atoms with Crippen molar-refractivity contribution in [3.63, 3.8) is 0 Å². The van der Waals surface area contributed by atoms with Gasteiger partial charge in [0.25, 0.3) is 0 Å². The average molecular weight is 295 g/mol. The number of carboxylic acid groups (broad SMARTS) is 1. The molecule has 0 aromatic rings. The second-order valence-corrected chi connectivity index (χ2v) is 4.93. The average Bonchev–Trinajstić information content (AvgIpc) is 2.76. The van der Waals surface area contributed by atoms with Crippen molar-refractivity contribution >= 4 is 5.97 Å². The molecule has 7 N–H and O–H groups in total. The highest BCUT2D eigenvalue weighted by molar-refractivity contribution is 5.74. The fourth-order valence-corrected chi connectivity index (χ4v) is 2.28. The van der Waals surface area contributed by atoms with Crippen LogP contribution in [0.15, 0.2) is 0 Å². The van der Waals surface area contributed by atoms with E-state index in [1.54, 1.807) is 0 Å². The van der Waals surface area contributed by atoms with E-state index in [1.807, 2.05) is 0 Å². The molecule has 1 aliphatic heterocycles. The molecule has 1 rings (SSSR count). The molecule has 0 bridgehead atoms. The Hall–Kier alpha value is -0.810. The number of nitrogens with zero attached hydrogens (tertiary/aromatic N) is 1. The molecule has 1 fully saturated rings. The molecule has 118 valence electrons. The Kier molecular flexibility index (Phi) is 6.27. The lowest BCUT2D eigenvalue weighted by atomic mass is 10.0. The Labute approximate surface area is 115 Å². The van der Waals surface area contributed by atoms with Crippen LogP contribution in [0.25, 0.3) is 0 Å². The largest absolute Gasteiger partial charge is 0.480 e. The summed E-state index contributed by atoms with van der Waals surface area (Å²) >= 11 is 0. The van der Waals surface area contributed by atoms with Gasteiger partial charge in [-0.2, -0.15) is 0 Å². The highest BCUT2D eigenvalue weighted by Crippen LogP contribution is 2.19. The number of aliphatic hydroxyl groups excluding tert-OH is 6. The van der Waals surface area contributed by atoms with Gasteiger partial charge < -0.3 is 35.7 Å². The number of hydrogen-bond donors (Lipinski definition) is 7. The molecule has 0 amide bonds. The lowest BCUT2D eigenvalue weighted by molar-refractivity contribution is -0.147. The highest BCUT2D eigenvalue weighted by Gasteiger charge is 2.40. The van der Waals surface area contributed by atoms with Crippen molar-refractivity contribution in [2.75, 3.05) is 19.7 Å². The van der Waals surface area contributed by atoms with Crippen molar-refractivity contribution in [2.45, 2.75) is 43.0 Å². The van der Waals surface area contributed by atoms with Gasteiger partial charge in [-0.05, 0) is 6.42 Å². The predicted octanol–water partition coefficient (Wildman–Crippen LogP) is -4.06. The Morgan fingerprint density at radius 3 is 2.20 bits per heavy atom. The molecule has 9 nitrogen and oxygen atoms in total. The molecule has 1 saturated heterocycles. The predicted molar refractivity (Wildman–Crippen MR) is 64.7 cm³/mol. The molecular formula is C11H21NO8. The summed E-state index contributed by atoms with van der Waals surface area (Å²) in [5.74, 6) is -1.24. The lowest BCUT2D eigenvalue weighted by Crippen LogP contribution is -2.52. The molecule has 0 aromatic heterocycles. The first kappa shape index (κ1) is 17.2. The molecule has 0 radical (unpaired) electrons. The molecule has 1 unspecified atom stereocenters. The molecule has 9 heteroatoms. The van der Waals surface area contributed by atoms with Crippen molar-refractivity contribution in [2.24, 2.45) is 0 Å². The van der Waals surface area contributed by atoms with Crippen LogP contribution >= 0.6 is 0 Å². The smallest absolute Gasteiger partial charge is 0.323 e. The van der Waals surface area contributed by atoms with E-state index in [0.717, 1.165) is 0 Å². The standard InChI is InChI=1S/C11H21NO8/c13-4-7(16)10(18)9(17)6(15)3-12-2-1-5(14)8(12)11(19)20/h5-10,13-18H,1-4H2,(H,19,20)/t5?,6-,7+,8-,9+,10+/m0/s1. The van der Waals surface area contributed by atoms with Crippen molar-refractivity contribution in [1.29, 1.82) is 0 Å². The number of β-amino-alcohol motifs (C(OH)–C–C–N with tert-alkyl or cyclic N) is 1. The van der Waals surface area contributed by atoms with Gasteiger partial charge in [-0.3, -0.25) is 9.69 Å². The molecule has 0 aromatic carbocycles. The van der Waals surface area contributed by atoms with Crippen molar-refractivity contribution in [3.05, 3.63) is 0 Å². The van der Waals surface area contributed by atoms with Gasteiger partial charge in [0, 0.05) is 13.1 Å². The monoisotopic (exact) mass is 295 g/mol. The Morgan fingerprint density at radius 2 is 1.70 bits per heavy atom. The van der Waals surface area contributed by atoms with Gasteiger partial charge in [-0.1, -0.05) is 0 Å². The van der Waals surface area contributed by atoms with E-state index in [0.29, 0.717) is 0 Å².